The van der Waals surface area contributed by atoms with Crippen LogP contribution in [0.4, 0.5) is 0 Å². The number of fused-ring (bicyclic) bond motifs is 1. The number of nitrogens with zero attached hydrogens (tertiary/aromatic N) is 2. The smallest absolute Gasteiger partial charge is 0.0610 e. The van der Waals surface area contributed by atoms with Gasteiger partial charge in [-0.25, -0.2) is 0 Å². The highest BCUT2D eigenvalue weighted by atomic mass is 16.3. The average Bonchev–Trinajstić information content (AvgIpc) is 2.61. The monoisotopic (exact) mass is 206 g/mol. The molecule has 0 bridgehead atoms. The maximum absolute atomic E-state index is 10.1. The lowest BCUT2D eigenvalue weighted by molar-refractivity contribution is 0.104. The molecule has 2 aliphatic rings. The first kappa shape index (κ1) is 9.40. The van der Waals surface area contributed by atoms with Crippen LogP contribution in [-0.4, -0.2) is 21.0 Å². The summed E-state index contributed by atoms with van der Waals surface area (Å²) >= 11 is 0. The van der Waals surface area contributed by atoms with Crippen LogP contribution in [0.5, 0.6) is 0 Å². The Kier molecular flexibility index (Phi) is 2.09. The molecule has 2 aliphatic carbocycles. The molecule has 0 spiro atoms. The normalized spacial score (nSPS) is 35.2. The summed E-state index contributed by atoms with van der Waals surface area (Å²) in [7, 11) is 1.92. The Morgan fingerprint density at radius 2 is 2.20 bits per heavy atom. The molecule has 3 heteroatoms. The molecule has 0 aliphatic heterocycles. The second-order valence-corrected chi connectivity index (χ2v) is 5.28. The van der Waals surface area contributed by atoms with E-state index in [1.165, 1.54) is 19.3 Å². The molecule has 1 aromatic heterocycles. The molecule has 3 nitrogen and oxygen atoms in total. The Balaban J connectivity index is 1.58. The molecule has 0 radical (unpaired) electrons. The van der Waals surface area contributed by atoms with Gasteiger partial charge in [-0.05, 0) is 42.6 Å². The van der Waals surface area contributed by atoms with Gasteiger partial charge in [0.2, 0.25) is 0 Å². The van der Waals surface area contributed by atoms with Crippen molar-refractivity contribution in [3.63, 3.8) is 0 Å². The van der Waals surface area contributed by atoms with Gasteiger partial charge >= 0.3 is 0 Å². The molecule has 3 rings (SSSR count). The molecule has 0 amide bonds. The van der Waals surface area contributed by atoms with Gasteiger partial charge in [-0.2, -0.15) is 5.10 Å². The topological polar surface area (TPSA) is 38.0 Å². The highest BCUT2D eigenvalue weighted by Crippen LogP contribution is 2.55. The molecular formula is C12H18N2O. The highest BCUT2D eigenvalue weighted by molar-refractivity contribution is 5.07. The van der Waals surface area contributed by atoms with E-state index in [1.807, 2.05) is 19.4 Å². The fourth-order valence-corrected chi connectivity index (χ4v) is 3.06. The lowest BCUT2D eigenvalue weighted by Crippen LogP contribution is -2.21. The van der Waals surface area contributed by atoms with Crippen LogP contribution in [0, 0.1) is 17.8 Å². The third-order valence-corrected chi connectivity index (χ3v) is 4.03. The van der Waals surface area contributed by atoms with Crippen LogP contribution in [-0.2, 0) is 13.5 Å². The van der Waals surface area contributed by atoms with Crippen LogP contribution in [0.3, 0.4) is 0 Å². The first-order valence-corrected chi connectivity index (χ1v) is 5.88. The van der Waals surface area contributed by atoms with Crippen LogP contribution in [0.15, 0.2) is 12.4 Å². The molecule has 3 unspecified atom stereocenters. The van der Waals surface area contributed by atoms with Crippen molar-refractivity contribution in [3.05, 3.63) is 18.0 Å². The van der Waals surface area contributed by atoms with Gasteiger partial charge in [0, 0.05) is 19.7 Å². The summed E-state index contributed by atoms with van der Waals surface area (Å²) in [4.78, 5) is 0. The van der Waals surface area contributed by atoms with E-state index in [4.69, 9.17) is 0 Å². The summed E-state index contributed by atoms with van der Waals surface area (Å²) in [5.74, 6) is 2.46. The van der Waals surface area contributed by atoms with Gasteiger partial charge in [0.15, 0.2) is 0 Å². The Morgan fingerprint density at radius 1 is 1.47 bits per heavy atom. The Hall–Kier alpha value is -0.830. The minimum Gasteiger partial charge on any atom is -0.392 e. The van der Waals surface area contributed by atoms with Crippen LogP contribution >= 0.6 is 0 Å². The first-order chi connectivity index (χ1) is 7.22. The lowest BCUT2D eigenvalue weighted by Gasteiger charge is -2.18. The van der Waals surface area contributed by atoms with Crippen molar-refractivity contribution in [2.24, 2.45) is 24.8 Å². The number of aryl methyl sites for hydroxylation is 1. The molecule has 2 fully saturated rings. The molecule has 3 atom stereocenters. The fraction of sp³-hybridized carbons (Fsp3) is 0.750. The molecular weight excluding hydrogens is 188 g/mol. The number of hydrogen-bond acceptors (Lipinski definition) is 2. The van der Waals surface area contributed by atoms with E-state index < -0.39 is 0 Å². The van der Waals surface area contributed by atoms with Crippen LogP contribution in [0.2, 0.25) is 0 Å². The van der Waals surface area contributed by atoms with Crippen molar-refractivity contribution in [2.75, 3.05) is 0 Å². The molecule has 1 aromatic rings. The molecule has 15 heavy (non-hydrogen) atoms. The second-order valence-electron chi connectivity index (χ2n) is 5.28. The number of aromatic nitrogens is 2. The van der Waals surface area contributed by atoms with Gasteiger partial charge in [-0.1, -0.05) is 0 Å². The van der Waals surface area contributed by atoms with E-state index in [1.54, 1.807) is 4.68 Å². The van der Waals surface area contributed by atoms with E-state index in [0.717, 1.165) is 23.8 Å². The zero-order chi connectivity index (χ0) is 10.4. The van der Waals surface area contributed by atoms with E-state index in [0.29, 0.717) is 5.92 Å². The zero-order valence-corrected chi connectivity index (χ0v) is 9.13. The summed E-state index contributed by atoms with van der Waals surface area (Å²) in [6.07, 6.45) is 8.42. The number of rotatable bonds is 3. The van der Waals surface area contributed by atoms with Gasteiger partial charge in [0.1, 0.15) is 0 Å². The standard InChI is InChI=1S/C12H18N2O/c1-14-7-8(6-13-14)2-12(15)11-4-9-3-10(9)5-11/h6-7,9-12,15H,2-5H2,1H3. The van der Waals surface area contributed by atoms with E-state index >= 15 is 0 Å². The molecule has 0 saturated heterocycles. The quantitative estimate of drug-likeness (QED) is 0.811. The van der Waals surface area contributed by atoms with Gasteiger partial charge in [0.05, 0.1) is 12.3 Å². The summed E-state index contributed by atoms with van der Waals surface area (Å²) in [6.45, 7) is 0. The van der Waals surface area contributed by atoms with Crippen molar-refractivity contribution >= 4 is 0 Å². The maximum atomic E-state index is 10.1. The van der Waals surface area contributed by atoms with Gasteiger partial charge in [-0.15, -0.1) is 0 Å². The molecule has 1 N–H and O–H groups in total. The molecule has 2 saturated carbocycles. The van der Waals surface area contributed by atoms with Crippen LogP contribution in [0.25, 0.3) is 0 Å². The number of aliphatic hydroxyl groups is 1. The van der Waals surface area contributed by atoms with Gasteiger partial charge in [0.25, 0.3) is 0 Å². The summed E-state index contributed by atoms with van der Waals surface area (Å²) in [5.41, 5.74) is 1.16. The Bertz CT molecular complexity index is 350. The predicted molar refractivity (Wildman–Crippen MR) is 57.2 cm³/mol. The van der Waals surface area contributed by atoms with Crippen molar-refractivity contribution in [1.82, 2.24) is 9.78 Å². The van der Waals surface area contributed by atoms with Crippen molar-refractivity contribution in [1.29, 1.82) is 0 Å². The predicted octanol–water partition coefficient (Wildman–Crippen LogP) is 1.37. The highest BCUT2D eigenvalue weighted by Gasteiger charge is 2.47. The Labute approximate surface area is 90.1 Å². The minimum absolute atomic E-state index is 0.151. The maximum Gasteiger partial charge on any atom is 0.0610 e. The van der Waals surface area contributed by atoms with Crippen molar-refractivity contribution in [2.45, 2.75) is 31.8 Å². The largest absolute Gasteiger partial charge is 0.392 e. The molecule has 0 aromatic carbocycles. The van der Waals surface area contributed by atoms with Gasteiger partial charge < -0.3 is 5.11 Å². The summed E-state index contributed by atoms with van der Waals surface area (Å²) < 4.78 is 1.80. The average molecular weight is 206 g/mol. The third kappa shape index (κ3) is 1.81. The number of hydrogen-bond donors (Lipinski definition) is 1. The van der Waals surface area contributed by atoms with E-state index in [9.17, 15) is 5.11 Å². The molecule has 82 valence electrons. The lowest BCUT2D eigenvalue weighted by atomic mass is 9.93. The first-order valence-electron chi connectivity index (χ1n) is 5.88. The summed E-state index contributed by atoms with van der Waals surface area (Å²) in [5, 5.41) is 14.2. The van der Waals surface area contributed by atoms with Crippen LogP contribution in [0.1, 0.15) is 24.8 Å². The fourth-order valence-electron chi connectivity index (χ4n) is 3.06. The van der Waals surface area contributed by atoms with Gasteiger partial charge in [-0.3, -0.25) is 4.68 Å². The zero-order valence-electron chi connectivity index (χ0n) is 9.13. The molecule has 1 heterocycles. The number of aliphatic hydroxyl groups excluding tert-OH is 1. The van der Waals surface area contributed by atoms with E-state index in [-0.39, 0.29) is 6.10 Å². The second kappa shape index (κ2) is 3.34. The third-order valence-electron chi connectivity index (χ3n) is 4.03. The SMILES string of the molecule is Cn1cc(CC(O)C2CC3CC3C2)cn1. The van der Waals surface area contributed by atoms with Crippen molar-refractivity contribution < 1.29 is 5.11 Å². The minimum atomic E-state index is -0.151. The van der Waals surface area contributed by atoms with Crippen LogP contribution < -0.4 is 0 Å². The van der Waals surface area contributed by atoms with E-state index in [2.05, 4.69) is 5.10 Å². The Morgan fingerprint density at radius 3 is 2.80 bits per heavy atom. The van der Waals surface area contributed by atoms with Crippen molar-refractivity contribution in [3.8, 4) is 0 Å². The summed E-state index contributed by atoms with van der Waals surface area (Å²) in [6, 6.07) is 0.